The van der Waals surface area contributed by atoms with E-state index >= 15 is 0 Å². The standard InChI is InChI=1S/C23H14Cl2N4O3/c1-3-4-20-27-22(13(2)30-20)23-29-28-21(32-23)10-14-5-6-18(25)19(9-14)31-17-8-15(12-26)7-16(24)11-17/h1,5-9,11H,4,10H2,2H3. The van der Waals surface area contributed by atoms with Crippen molar-refractivity contribution < 1.29 is 13.6 Å². The van der Waals surface area contributed by atoms with Crippen LogP contribution in [0.5, 0.6) is 11.5 Å². The van der Waals surface area contributed by atoms with E-state index in [0.29, 0.717) is 56.8 Å². The molecule has 0 aliphatic rings. The molecule has 0 aliphatic heterocycles. The zero-order chi connectivity index (χ0) is 22.7. The molecule has 32 heavy (non-hydrogen) atoms. The molecule has 158 valence electrons. The molecule has 0 unspecified atom stereocenters. The summed E-state index contributed by atoms with van der Waals surface area (Å²) >= 11 is 12.3. The second-order valence-corrected chi connectivity index (χ2v) is 7.57. The number of oxazole rings is 1. The van der Waals surface area contributed by atoms with Gasteiger partial charge in [-0.1, -0.05) is 35.2 Å². The van der Waals surface area contributed by atoms with E-state index in [0.717, 1.165) is 5.56 Å². The number of hydrogen-bond donors (Lipinski definition) is 0. The first kappa shape index (κ1) is 21.5. The van der Waals surface area contributed by atoms with E-state index in [1.54, 1.807) is 37.3 Å². The number of benzene rings is 2. The lowest BCUT2D eigenvalue weighted by Crippen LogP contribution is -1.92. The molecule has 4 rings (SSSR count). The van der Waals surface area contributed by atoms with Gasteiger partial charge < -0.3 is 13.6 Å². The van der Waals surface area contributed by atoms with Crippen LogP contribution in [0.1, 0.15) is 28.7 Å². The maximum atomic E-state index is 9.11. The lowest BCUT2D eigenvalue weighted by atomic mass is 10.1. The fraction of sp³-hybridized carbons (Fsp3) is 0.130. The Kier molecular flexibility index (Phi) is 6.13. The number of aryl methyl sites for hydroxylation is 1. The molecule has 0 aliphatic carbocycles. The summed E-state index contributed by atoms with van der Waals surface area (Å²) in [5, 5.41) is 18.0. The van der Waals surface area contributed by atoms with Gasteiger partial charge in [0.1, 0.15) is 17.3 Å². The molecule has 2 aromatic carbocycles. The van der Waals surface area contributed by atoms with Gasteiger partial charge in [-0.15, -0.1) is 16.6 Å². The van der Waals surface area contributed by atoms with E-state index < -0.39 is 0 Å². The summed E-state index contributed by atoms with van der Waals surface area (Å²) in [7, 11) is 0. The lowest BCUT2D eigenvalue weighted by Gasteiger charge is -2.10. The fourth-order valence-corrected chi connectivity index (χ4v) is 3.34. The highest BCUT2D eigenvalue weighted by Gasteiger charge is 2.18. The van der Waals surface area contributed by atoms with Gasteiger partial charge in [-0.05, 0) is 42.8 Å². The summed E-state index contributed by atoms with van der Waals surface area (Å²) in [6, 6.07) is 12.0. The Morgan fingerprint density at radius 2 is 1.94 bits per heavy atom. The number of nitriles is 1. The Hall–Kier alpha value is -3.78. The first-order valence-corrected chi connectivity index (χ1v) is 10.1. The molecule has 0 amide bonds. The molecule has 2 heterocycles. The third-order valence-electron chi connectivity index (χ3n) is 4.34. The predicted octanol–water partition coefficient (Wildman–Crippen LogP) is 5.77. The van der Waals surface area contributed by atoms with Gasteiger partial charge in [-0.25, -0.2) is 4.98 Å². The lowest BCUT2D eigenvalue weighted by molar-refractivity contribution is 0.481. The molecule has 0 atom stereocenters. The molecule has 0 N–H and O–H groups in total. The van der Waals surface area contributed by atoms with Gasteiger partial charge >= 0.3 is 0 Å². The Balaban J connectivity index is 1.55. The van der Waals surface area contributed by atoms with Crippen molar-refractivity contribution in [3.8, 4) is 41.5 Å². The Morgan fingerprint density at radius 1 is 1.09 bits per heavy atom. The first-order valence-electron chi connectivity index (χ1n) is 9.34. The number of aromatic nitrogens is 3. The zero-order valence-corrected chi connectivity index (χ0v) is 18.2. The number of halogens is 2. The van der Waals surface area contributed by atoms with E-state index in [2.05, 4.69) is 21.1 Å². The molecule has 0 saturated carbocycles. The van der Waals surface area contributed by atoms with Crippen molar-refractivity contribution in [1.29, 1.82) is 5.26 Å². The highest BCUT2D eigenvalue weighted by molar-refractivity contribution is 6.32. The van der Waals surface area contributed by atoms with Crippen LogP contribution >= 0.6 is 23.2 Å². The van der Waals surface area contributed by atoms with Crippen LogP contribution in [-0.4, -0.2) is 15.2 Å². The minimum Gasteiger partial charge on any atom is -0.456 e. The number of ether oxygens (including phenoxy) is 1. The third kappa shape index (κ3) is 4.76. The minimum absolute atomic E-state index is 0.248. The molecule has 7 nitrogen and oxygen atoms in total. The summed E-state index contributed by atoms with van der Waals surface area (Å²) in [5.74, 6) is 4.88. The zero-order valence-electron chi connectivity index (χ0n) is 16.7. The van der Waals surface area contributed by atoms with Gasteiger partial charge in [0, 0.05) is 5.02 Å². The maximum absolute atomic E-state index is 9.11. The van der Waals surface area contributed by atoms with Crippen LogP contribution < -0.4 is 4.74 Å². The van der Waals surface area contributed by atoms with E-state index in [1.807, 2.05) is 12.1 Å². The summed E-state index contributed by atoms with van der Waals surface area (Å²) < 4.78 is 17.1. The van der Waals surface area contributed by atoms with Crippen molar-refractivity contribution in [3.63, 3.8) is 0 Å². The van der Waals surface area contributed by atoms with Gasteiger partial charge in [0.25, 0.3) is 5.89 Å². The second-order valence-electron chi connectivity index (χ2n) is 6.73. The molecule has 0 bridgehead atoms. The average Bonchev–Trinajstić information content (AvgIpc) is 3.36. The van der Waals surface area contributed by atoms with Crippen LogP contribution in [0.15, 0.2) is 45.2 Å². The number of rotatable bonds is 6. The Morgan fingerprint density at radius 3 is 2.72 bits per heavy atom. The summed E-state index contributed by atoms with van der Waals surface area (Å²) in [6.45, 7) is 1.75. The van der Waals surface area contributed by atoms with Crippen LogP contribution in [0.25, 0.3) is 11.6 Å². The number of terminal acetylenes is 1. The SMILES string of the molecule is C#CCc1nc(-c2nnc(Cc3ccc(Cl)c(Oc4cc(Cl)cc(C#N)c4)c3)o2)c(C)o1. The topological polar surface area (TPSA) is 98.0 Å². The van der Waals surface area contributed by atoms with Crippen LogP contribution in [0.2, 0.25) is 10.0 Å². The van der Waals surface area contributed by atoms with Gasteiger partial charge in [-0.3, -0.25) is 0 Å². The molecule has 0 spiro atoms. The van der Waals surface area contributed by atoms with E-state index in [-0.39, 0.29) is 12.3 Å². The quantitative estimate of drug-likeness (QED) is 0.334. The van der Waals surface area contributed by atoms with Gasteiger partial charge in [0.2, 0.25) is 11.8 Å². The smallest absolute Gasteiger partial charge is 0.269 e. The number of hydrogen-bond acceptors (Lipinski definition) is 7. The van der Waals surface area contributed by atoms with Crippen LogP contribution in [-0.2, 0) is 12.8 Å². The first-order chi connectivity index (χ1) is 15.4. The van der Waals surface area contributed by atoms with Gasteiger partial charge in [-0.2, -0.15) is 5.26 Å². The molecule has 0 radical (unpaired) electrons. The molecular formula is C23H14Cl2N4O3. The molecule has 0 fully saturated rings. The van der Waals surface area contributed by atoms with Crippen molar-refractivity contribution in [2.24, 2.45) is 0 Å². The van der Waals surface area contributed by atoms with E-state index in [4.69, 9.17) is 48.5 Å². The molecular weight excluding hydrogens is 451 g/mol. The second kappa shape index (κ2) is 9.15. The van der Waals surface area contributed by atoms with Gasteiger partial charge in [0.15, 0.2) is 5.69 Å². The predicted molar refractivity (Wildman–Crippen MR) is 118 cm³/mol. The molecule has 2 aromatic heterocycles. The van der Waals surface area contributed by atoms with Crippen molar-refractivity contribution in [2.75, 3.05) is 0 Å². The fourth-order valence-electron chi connectivity index (χ4n) is 2.96. The van der Waals surface area contributed by atoms with Crippen LogP contribution in [0.4, 0.5) is 0 Å². The monoisotopic (exact) mass is 464 g/mol. The summed E-state index contributed by atoms with van der Waals surface area (Å²) in [6.07, 6.45) is 5.92. The molecule has 9 heteroatoms. The Bertz CT molecular complexity index is 1380. The van der Waals surface area contributed by atoms with Crippen molar-refractivity contribution in [1.82, 2.24) is 15.2 Å². The molecule has 0 saturated heterocycles. The maximum Gasteiger partial charge on any atom is 0.269 e. The van der Waals surface area contributed by atoms with Crippen molar-refractivity contribution >= 4 is 23.2 Å². The van der Waals surface area contributed by atoms with Crippen molar-refractivity contribution in [3.05, 3.63) is 75.1 Å². The summed E-state index contributed by atoms with van der Waals surface area (Å²) in [5.41, 5.74) is 1.67. The van der Waals surface area contributed by atoms with E-state index in [1.165, 1.54) is 0 Å². The normalized spacial score (nSPS) is 10.5. The minimum atomic E-state index is 0.248. The highest BCUT2D eigenvalue weighted by Crippen LogP contribution is 2.33. The van der Waals surface area contributed by atoms with Crippen LogP contribution in [0, 0.1) is 30.6 Å². The highest BCUT2D eigenvalue weighted by atomic mass is 35.5. The van der Waals surface area contributed by atoms with E-state index in [9.17, 15) is 0 Å². The number of nitrogens with zero attached hydrogens (tertiary/aromatic N) is 4. The third-order valence-corrected chi connectivity index (χ3v) is 4.87. The van der Waals surface area contributed by atoms with Crippen LogP contribution in [0.3, 0.4) is 0 Å². The Labute approximate surface area is 193 Å². The largest absolute Gasteiger partial charge is 0.456 e. The van der Waals surface area contributed by atoms with Crippen molar-refractivity contribution in [2.45, 2.75) is 19.8 Å². The molecule has 4 aromatic rings. The summed E-state index contributed by atoms with van der Waals surface area (Å²) in [4.78, 5) is 4.31. The average molecular weight is 465 g/mol. The van der Waals surface area contributed by atoms with Gasteiger partial charge in [0.05, 0.1) is 29.5 Å².